The van der Waals surface area contributed by atoms with Crippen LogP contribution in [0.2, 0.25) is 0 Å². The molecule has 1 saturated heterocycles. The van der Waals surface area contributed by atoms with Crippen LogP contribution in [0.3, 0.4) is 0 Å². The van der Waals surface area contributed by atoms with Crippen molar-refractivity contribution >= 4 is 27.3 Å². The monoisotopic (exact) mass is 329 g/mol. The van der Waals surface area contributed by atoms with Crippen molar-refractivity contribution in [3.8, 4) is 0 Å². The summed E-state index contributed by atoms with van der Waals surface area (Å²) in [5.41, 5.74) is 1.67. The van der Waals surface area contributed by atoms with Crippen LogP contribution in [-0.4, -0.2) is 19.3 Å². The van der Waals surface area contributed by atoms with Gasteiger partial charge in [0.05, 0.1) is 9.39 Å². The second-order valence-electron chi connectivity index (χ2n) is 5.59. The summed E-state index contributed by atoms with van der Waals surface area (Å²) in [5.74, 6) is 0.713. The van der Waals surface area contributed by atoms with Crippen molar-refractivity contribution in [2.75, 3.05) is 13.7 Å². The SMILES string of the molecule is CNC(c1csc(Br)c1)C1CCOC2(CCC2)C1. The van der Waals surface area contributed by atoms with Crippen LogP contribution in [0.5, 0.6) is 0 Å². The molecule has 1 aromatic rings. The lowest BCUT2D eigenvalue weighted by Crippen LogP contribution is -2.47. The summed E-state index contributed by atoms with van der Waals surface area (Å²) in [6.07, 6.45) is 6.30. The van der Waals surface area contributed by atoms with Gasteiger partial charge in [0.25, 0.3) is 0 Å². The summed E-state index contributed by atoms with van der Waals surface area (Å²) in [4.78, 5) is 0. The van der Waals surface area contributed by atoms with E-state index in [9.17, 15) is 0 Å². The summed E-state index contributed by atoms with van der Waals surface area (Å²) in [6, 6.07) is 2.74. The standard InChI is InChI=1S/C14H20BrNOS/c1-16-13(11-7-12(15)18-9-11)10-3-6-17-14(8-10)4-2-5-14/h7,9-10,13,16H,2-6,8H2,1H3. The van der Waals surface area contributed by atoms with E-state index < -0.39 is 0 Å². The van der Waals surface area contributed by atoms with Gasteiger partial charge in [-0.05, 0) is 78.0 Å². The molecule has 2 nitrogen and oxygen atoms in total. The molecule has 4 heteroatoms. The number of halogens is 1. The normalized spacial score (nSPS) is 28.0. The third-order valence-electron chi connectivity index (χ3n) is 4.53. The molecular formula is C14H20BrNOS. The van der Waals surface area contributed by atoms with Crippen molar-refractivity contribution < 1.29 is 4.74 Å². The van der Waals surface area contributed by atoms with Crippen molar-refractivity contribution in [3.63, 3.8) is 0 Å². The fraction of sp³-hybridized carbons (Fsp3) is 0.714. The minimum Gasteiger partial charge on any atom is -0.375 e. The van der Waals surface area contributed by atoms with E-state index in [-0.39, 0.29) is 5.60 Å². The van der Waals surface area contributed by atoms with E-state index in [1.807, 2.05) is 0 Å². The van der Waals surface area contributed by atoms with Crippen molar-refractivity contribution in [1.29, 1.82) is 0 Å². The van der Waals surface area contributed by atoms with E-state index in [0.717, 1.165) is 6.61 Å². The molecule has 0 amide bonds. The summed E-state index contributed by atoms with van der Waals surface area (Å²) >= 11 is 5.34. The molecule has 2 fully saturated rings. The molecule has 0 radical (unpaired) electrons. The van der Waals surface area contributed by atoms with Gasteiger partial charge in [-0.25, -0.2) is 0 Å². The Balaban J connectivity index is 1.75. The van der Waals surface area contributed by atoms with Gasteiger partial charge in [0.1, 0.15) is 0 Å². The molecule has 3 rings (SSSR count). The summed E-state index contributed by atoms with van der Waals surface area (Å²) in [7, 11) is 2.08. The number of nitrogens with one attached hydrogen (secondary N) is 1. The van der Waals surface area contributed by atoms with Crippen molar-refractivity contribution in [3.05, 3.63) is 20.8 Å². The van der Waals surface area contributed by atoms with Gasteiger partial charge >= 0.3 is 0 Å². The zero-order chi connectivity index (χ0) is 12.6. The summed E-state index contributed by atoms with van der Waals surface area (Å²) in [6.45, 7) is 0.939. The molecule has 1 spiro atoms. The molecule has 2 atom stereocenters. The predicted octanol–water partition coefficient (Wildman–Crippen LogP) is 4.12. The maximum atomic E-state index is 6.03. The quantitative estimate of drug-likeness (QED) is 0.900. The molecular weight excluding hydrogens is 310 g/mol. The van der Waals surface area contributed by atoms with Gasteiger partial charge in [-0.2, -0.15) is 0 Å². The first-order valence-corrected chi connectivity index (χ1v) is 8.45. The van der Waals surface area contributed by atoms with Crippen LogP contribution in [0.25, 0.3) is 0 Å². The van der Waals surface area contributed by atoms with Crippen LogP contribution in [0.1, 0.15) is 43.7 Å². The largest absolute Gasteiger partial charge is 0.375 e. The third kappa shape index (κ3) is 2.40. The lowest BCUT2D eigenvalue weighted by molar-refractivity contribution is -0.147. The first kappa shape index (κ1) is 13.1. The Morgan fingerprint density at radius 1 is 1.56 bits per heavy atom. The zero-order valence-electron chi connectivity index (χ0n) is 10.7. The molecule has 1 N–H and O–H groups in total. The van der Waals surface area contributed by atoms with Gasteiger partial charge in [-0.15, -0.1) is 11.3 Å². The van der Waals surface area contributed by atoms with Crippen LogP contribution in [0.15, 0.2) is 15.2 Å². The molecule has 2 heterocycles. The maximum absolute atomic E-state index is 6.03. The fourth-order valence-electron chi connectivity index (χ4n) is 3.43. The second kappa shape index (κ2) is 5.23. The Labute approximate surface area is 121 Å². The number of hydrogen-bond donors (Lipinski definition) is 1. The van der Waals surface area contributed by atoms with E-state index in [1.165, 1.54) is 41.5 Å². The van der Waals surface area contributed by atoms with Crippen LogP contribution in [0.4, 0.5) is 0 Å². The molecule has 18 heavy (non-hydrogen) atoms. The fourth-order valence-corrected chi connectivity index (χ4v) is 4.64. The Hall–Kier alpha value is 0.1000. The lowest BCUT2D eigenvalue weighted by Gasteiger charge is -2.48. The highest BCUT2D eigenvalue weighted by Gasteiger charge is 2.44. The number of ether oxygens (including phenoxy) is 1. The first-order valence-electron chi connectivity index (χ1n) is 6.78. The number of thiophene rings is 1. The summed E-state index contributed by atoms with van der Waals surface area (Å²) in [5, 5.41) is 5.79. The number of rotatable bonds is 3. The van der Waals surface area contributed by atoms with Crippen molar-refractivity contribution in [1.82, 2.24) is 5.32 Å². The van der Waals surface area contributed by atoms with Gasteiger partial charge in [-0.1, -0.05) is 0 Å². The Kier molecular flexibility index (Phi) is 3.81. The topological polar surface area (TPSA) is 21.3 Å². The van der Waals surface area contributed by atoms with E-state index >= 15 is 0 Å². The summed E-state index contributed by atoms with van der Waals surface area (Å²) < 4.78 is 7.26. The zero-order valence-corrected chi connectivity index (χ0v) is 13.1. The number of hydrogen-bond acceptors (Lipinski definition) is 3. The van der Waals surface area contributed by atoms with Crippen LogP contribution in [0, 0.1) is 5.92 Å². The Bertz CT molecular complexity index is 416. The Morgan fingerprint density at radius 2 is 2.39 bits per heavy atom. The van der Waals surface area contributed by atoms with Crippen LogP contribution < -0.4 is 5.32 Å². The molecule has 100 valence electrons. The highest BCUT2D eigenvalue weighted by Crippen LogP contribution is 2.47. The molecule has 2 unspecified atom stereocenters. The van der Waals surface area contributed by atoms with Gasteiger partial charge in [-0.3, -0.25) is 0 Å². The van der Waals surface area contributed by atoms with Crippen LogP contribution >= 0.6 is 27.3 Å². The van der Waals surface area contributed by atoms with E-state index in [4.69, 9.17) is 4.74 Å². The van der Waals surface area contributed by atoms with E-state index in [0.29, 0.717) is 12.0 Å². The van der Waals surface area contributed by atoms with Gasteiger partial charge in [0.15, 0.2) is 0 Å². The van der Waals surface area contributed by atoms with Gasteiger partial charge in [0.2, 0.25) is 0 Å². The lowest BCUT2D eigenvalue weighted by atomic mass is 9.70. The molecule has 0 aromatic carbocycles. The average molecular weight is 330 g/mol. The molecule has 2 aliphatic rings. The van der Waals surface area contributed by atoms with Crippen LogP contribution in [-0.2, 0) is 4.74 Å². The minimum absolute atomic E-state index is 0.241. The molecule has 1 aliphatic carbocycles. The van der Waals surface area contributed by atoms with Crippen molar-refractivity contribution in [2.24, 2.45) is 5.92 Å². The minimum atomic E-state index is 0.241. The Morgan fingerprint density at radius 3 is 2.94 bits per heavy atom. The highest BCUT2D eigenvalue weighted by atomic mass is 79.9. The first-order chi connectivity index (χ1) is 8.72. The van der Waals surface area contributed by atoms with E-state index in [1.54, 1.807) is 11.3 Å². The predicted molar refractivity (Wildman–Crippen MR) is 79.1 cm³/mol. The second-order valence-corrected chi connectivity index (χ2v) is 7.88. The highest BCUT2D eigenvalue weighted by molar-refractivity contribution is 9.11. The van der Waals surface area contributed by atoms with Crippen molar-refractivity contribution in [2.45, 2.75) is 43.7 Å². The van der Waals surface area contributed by atoms with Gasteiger partial charge < -0.3 is 10.1 Å². The smallest absolute Gasteiger partial charge is 0.0701 e. The molecule has 1 aliphatic heterocycles. The molecule has 1 aromatic heterocycles. The maximum Gasteiger partial charge on any atom is 0.0701 e. The van der Waals surface area contributed by atoms with Gasteiger partial charge in [0, 0.05) is 12.6 Å². The van der Waals surface area contributed by atoms with E-state index in [2.05, 4.69) is 39.7 Å². The average Bonchev–Trinajstić information content (AvgIpc) is 2.75. The molecule has 1 saturated carbocycles. The third-order valence-corrected chi connectivity index (χ3v) is 6.05. The molecule has 0 bridgehead atoms.